The third-order valence-electron chi connectivity index (χ3n) is 2.23. The van der Waals surface area contributed by atoms with Crippen LogP contribution in [0.2, 0.25) is 0 Å². The lowest BCUT2D eigenvalue weighted by molar-refractivity contribution is -0.146. The van der Waals surface area contributed by atoms with E-state index >= 15 is 0 Å². The summed E-state index contributed by atoms with van der Waals surface area (Å²) in [6, 6.07) is 0. The van der Waals surface area contributed by atoms with Gasteiger partial charge in [-0.2, -0.15) is 5.10 Å². The number of hydrogen-bond donors (Lipinski definition) is 3. The van der Waals surface area contributed by atoms with E-state index in [0.717, 1.165) is 0 Å². The number of carbonyl (C=O) groups excluding carboxylic acids is 1. The summed E-state index contributed by atoms with van der Waals surface area (Å²) in [4.78, 5) is 22.1. The predicted octanol–water partition coefficient (Wildman–Crippen LogP) is -0.842. The highest BCUT2D eigenvalue weighted by Crippen LogP contribution is 2.06. The van der Waals surface area contributed by atoms with Gasteiger partial charge in [0, 0.05) is 13.2 Å². The summed E-state index contributed by atoms with van der Waals surface area (Å²) in [7, 11) is 1.70. The Morgan fingerprint density at radius 1 is 1.59 bits per heavy atom. The third-order valence-corrected chi connectivity index (χ3v) is 2.23. The maximum Gasteiger partial charge on any atom is 0.334 e. The molecule has 7 nitrogen and oxygen atoms in total. The van der Waals surface area contributed by atoms with E-state index in [2.05, 4.69) is 10.4 Å². The number of aryl methyl sites for hydroxylation is 2. The van der Waals surface area contributed by atoms with Crippen LogP contribution in [-0.4, -0.2) is 44.5 Å². The molecule has 0 aliphatic carbocycles. The normalized spacial score (nSPS) is 12.2. The van der Waals surface area contributed by atoms with Gasteiger partial charge in [-0.1, -0.05) is 6.92 Å². The van der Waals surface area contributed by atoms with Gasteiger partial charge in [-0.25, -0.2) is 4.79 Å². The fourth-order valence-electron chi connectivity index (χ4n) is 1.36. The van der Waals surface area contributed by atoms with Gasteiger partial charge in [-0.05, 0) is 6.42 Å². The Morgan fingerprint density at radius 3 is 2.76 bits per heavy atom. The summed E-state index contributed by atoms with van der Waals surface area (Å²) in [5.74, 6) is -1.80. The van der Waals surface area contributed by atoms with E-state index in [1.54, 1.807) is 13.2 Å². The molecule has 1 aromatic heterocycles. The van der Waals surface area contributed by atoms with Crippen LogP contribution in [0, 0.1) is 0 Å². The van der Waals surface area contributed by atoms with E-state index in [-0.39, 0.29) is 6.54 Å². The molecule has 1 heterocycles. The van der Waals surface area contributed by atoms with E-state index in [4.69, 9.17) is 10.2 Å². The first-order valence-electron chi connectivity index (χ1n) is 5.17. The monoisotopic (exact) mass is 241 g/mol. The first-order valence-corrected chi connectivity index (χ1v) is 5.17. The number of carboxylic acids is 1. The number of hydrogen-bond acceptors (Lipinski definition) is 4. The molecule has 3 N–H and O–H groups in total. The Kier molecular flexibility index (Phi) is 4.22. The van der Waals surface area contributed by atoms with Crippen molar-refractivity contribution in [2.24, 2.45) is 7.05 Å². The first-order chi connectivity index (χ1) is 7.95. The molecule has 1 rings (SSSR count). The van der Waals surface area contributed by atoms with Gasteiger partial charge in [0.15, 0.2) is 6.10 Å². The number of aliphatic hydroxyl groups excluding tert-OH is 1. The molecule has 0 saturated heterocycles. The van der Waals surface area contributed by atoms with Crippen molar-refractivity contribution in [3.05, 3.63) is 17.5 Å². The topological polar surface area (TPSA) is 104 Å². The van der Waals surface area contributed by atoms with Crippen LogP contribution in [0.1, 0.15) is 23.0 Å². The van der Waals surface area contributed by atoms with Gasteiger partial charge in [-0.15, -0.1) is 0 Å². The number of nitrogens with zero attached hydrogens (tertiary/aromatic N) is 2. The van der Waals surface area contributed by atoms with Crippen LogP contribution in [-0.2, 0) is 18.3 Å². The minimum atomic E-state index is -1.60. The van der Waals surface area contributed by atoms with Crippen molar-refractivity contribution in [1.82, 2.24) is 15.1 Å². The number of nitrogens with one attached hydrogen (secondary N) is 1. The van der Waals surface area contributed by atoms with Crippen molar-refractivity contribution in [3.8, 4) is 0 Å². The highest BCUT2D eigenvalue weighted by atomic mass is 16.4. The average Bonchev–Trinajstić information content (AvgIpc) is 2.66. The van der Waals surface area contributed by atoms with Crippen LogP contribution in [0.5, 0.6) is 0 Å². The summed E-state index contributed by atoms with van der Waals surface area (Å²) in [6.45, 7) is 1.54. The lowest BCUT2D eigenvalue weighted by atomic mass is 10.2. The van der Waals surface area contributed by atoms with Crippen LogP contribution < -0.4 is 5.32 Å². The largest absolute Gasteiger partial charge is 0.479 e. The molecule has 0 spiro atoms. The second-order valence-corrected chi connectivity index (χ2v) is 3.58. The zero-order chi connectivity index (χ0) is 13.0. The lowest BCUT2D eigenvalue weighted by Gasteiger charge is -2.07. The summed E-state index contributed by atoms with van der Waals surface area (Å²) in [6.07, 6.45) is 0.563. The molecule has 0 fully saturated rings. The fraction of sp³-hybridized carbons (Fsp3) is 0.500. The fourth-order valence-corrected chi connectivity index (χ4v) is 1.36. The van der Waals surface area contributed by atoms with Crippen LogP contribution in [0.4, 0.5) is 0 Å². The Hall–Kier alpha value is -1.89. The minimum absolute atomic E-state index is 0.327. The van der Waals surface area contributed by atoms with E-state index in [1.807, 2.05) is 6.92 Å². The maximum atomic E-state index is 11.7. The zero-order valence-corrected chi connectivity index (χ0v) is 9.67. The van der Waals surface area contributed by atoms with Gasteiger partial charge >= 0.3 is 5.97 Å². The van der Waals surface area contributed by atoms with Crippen molar-refractivity contribution < 1.29 is 19.8 Å². The number of aliphatic hydroxyl groups is 1. The standard InChI is InChI=1S/C10H15N3O4/c1-3-7-6(5-13(2)12-7)9(15)11-4-8(14)10(16)17/h5,8,14H,3-4H2,1-2H3,(H,11,15)(H,16,17). The average molecular weight is 241 g/mol. The molecule has 17 heavy (non-hydrogen) atoms. The van der Waals surface area contributed by atoms with Gasteiger partial charge in [0.1, 0.15) is 0 Å². The number of aromatic nitrogens is 2. The van der Waals surface area contributed by atoms with Crippen molar-refractivity contribution in [1.29, 1.82) is 0 Å². The molecule has 1 aromatic rings. The van der Waals surface area contributed by atoms with E-state index in [1.165, 1.54) is 4.68 Å². The molecule has 0 bridgehead atoms. The van der Waals surface area contributed by atoms with Gasteiger partial charge in [-0.3, -0.25) is 9.48 Å². The van der Waals surface area contributed by atoms with Crippen LogP contribution in [0.3, 0.4) is 0 Å². The van der Waals surface area contributed by atoms with Crippen LogP contribution in [0.15, 0.2) is 6.20 Å². The Morgan fingerprint density at radius 2 is 2.24 bits per heavy atom. The van der Waals surface area contributed by atoms with Gasteiger partial charge in [0.2, 0.25) is 0 Å². The van der Waals surface area contributed by atoms with Crippen molar-refractivity contribution >= 4 is 11.9 Å². The number of rotatable bonds is 5. The summed E-state index contributed by atoms with van der Waals surface area (Å²) >= 11 is 0. The molecule has 0 aliphatic heterocycles. The van der Waals surface area contributed by atoms with Gasteiger partial charge in [0.25, 0.3) is 5.91 Å². The highest BCUT2D eigenvalue weighted by Gasteiger charge is 2.18. The van der Waals surface area contributed by atoms with Gasteiger partial charge in [0.05, 0.1) is 17.8 Å². The second kappa shape index (κ2) is 5.44. The van der Waals surface area contributed by atoms with E-state index < -0.39 is 18.0 Å². The maximum absolute atomic E-state index is 11.7. The summed E-state index contributed by atoms with van der Waals surface area (Å²) in [5, 5.41) is 23.9. The molecular formula is C10H15N3O4. The quantitative estimate of drug-likeness (QED) is 0.623. The van der Waals surface area contributed by atoms with E-state index in [0.29, 0.717) is 17.7 Å². The molecule has 0 saturated carbocycles. The van der Waals surface area contributed by atoms with Crippen molar-refractivity contribution in [2.75, 3.05) is 6.54 Å². The first kappa shape index (κ1) is 13.2. The molecule has 1 atom stereocenters. The Labute approximate surface area is 98.1 Å². The van der Waals surface area contributed by atoms with Crippen LogP contribution >= 0.6 is 0 Å². The number of aliphatic carboxylic acids is 1. The Bertz CT molecular complexity index is 427. The smallest absolute Gasteiger partial charge is 0.334 e. The molecule has 94 valence electrons. The second-order valence-electron chi connectivity index (χ2n) is 3.58. The molecule has 1 amide bonds. The van der Waals surface area contributed by atoms with Crippen molar-refractivity contribution in [3.63, 3.8) is 0 Å². The van der Waals surface area contributed by atoms with Crippen LogP contribution in [0.25, 0.3) is 0 Å². The minimum Gasteiger partial charge on any atom is -0.479 e. The number of amides is 1. The lowest BCUT2D eigenvalue weighted by Crippen LogP contribution is -2.36. The highest BCUT2D eigenvalue weighted by molar-refractivity contribution is 5.95. The Balaban J connectivity index is 2.66. The summed E-state index contributed by atoms with van der Waals surface area (Å²) in [5.41, 5.74) is 1.03. The predicted molar refractivity (Wildman–Crippen MR) is 58.6 cm³/mol. The molecule has 1 unspecified atom stereocenters. The molecule has 0 radical (unpaired) electrons. The van der Waals surface area contributed by atoms with Crippen molar-refractivity contribution in [2.45, 2.75) is 19.4 Å². The molecule has 0 aliphatic rings. The zero-order valence-electron chi connectivity index (χ0n) is 9.67. The number of carboxylic acid groups (broad SMARTS) is 1. The van der Waals surface area contributed by atoms with E-state index in [9.17, 15) is 9.59 Å². The number of carbonyl (C=O) groups is 2. The van der Waals surface area contributed by atoms with Gasteiger partial charge < -0.3 is 15.5 Å². The SMILES string of the molecule is CCc1nn(C)cc1C(=O)NCC(O)C(=O)O. The molecular weight excluding hydrogens is 226 g/mol. The summed E-state index contributed by atoms with van der Waals surface area (Å²) < 4.78 is 1.52. The molecule has 7 heteroatoms. The third kappa shape index (κ3) is 3.28. The molecule has 0 aromatic carbocycles.